The van der Waals surface area contributed by atoms with Gasteiger partial charge in [-0.2, -0.15) is 0 Å². The molecule has 0 atom stereocenters. The molecular formula is C15H15IO. The van der Waals surface area contributed by atoms with Crippen molar-refractivity contribution in [1.29, 1.82) is 0 Å². The van der Waals surface area contributed by atoms with E-state index in [2.05, 4.69) is 60.7 Å². The van der Waals surface area contributed by atoms with Crippen molar-refractivity contribution in [3.63, 3.8) is 0 Å². The van der Waals surface area contributed by atoms with Gasteiger partial charge in [0.15, 0.2) is 0 Å². The maximum Gasteiger partial charge on any atom is 0.120 e. The Morgan fingerprint density at radius 2 is 1.65 bits per heavy atom. The monoisotopic (exact) mass is 338 g/mol. The number of benzene rings is 2. The SMILES string of the molecule is Cc1cccc(C)c1COc1cccc(I)c1. The summed E-state index contributed by atoms with van der Waals surface area (Å²) >= 11 is 2.29. The summed E-state index contributed by atoms with van der Waals surface area (Å²) in [5, 5.41) is 0. The highest BCUT2D eigenvalue weighted by Gasteiger charge is 2.03. The molecule has 0 fully saturated rings. The molecule has 0 radical (unpaired) electrons. The highest BCUT2D eigenvalue weighted by Crippen LogP contribution is 2.19. The van der Waals surface area contributed by atoms with Crippen molar-refractivity contribution in [1.82, 2.24) is 0 Å². The summed E-state index contributed by atoms with van der Waals surface area (Å²) in [6.45, 7) is 4.89. The second-order valence-corrected chi connectivity index (χ2v) is 5.36. The average molecular weight is 338 g/mol. The number of halogens is 1. The fourth-order valence-corrected chi connectivity index (χ4v) is 2.30. The topological polar surface area (TPSA) is 9.23 Å². The van der Waals surface area contributed by atoms with Crippen molar-refractivity contribution in [2.24, 2.45) is 0 Å². The minimum atomic E-state index is 0.638. The van der Waals surface area contributed by atoms with Gasteiger partial charge in [-0.1, -0.05) is 24.3 Å². The van der Waals surface area contributed by atoms with E-state index in [9.17, 15) is 0 Å². The van der Waals surface area contributed by atoms with E-state index >= 15 is 0 Å². The van der Waals surface area contributed by atoms with Gasteiger partial charge in [-0.25, -0.2) is 0 Å². The zero-order valence-corrected chi connectivity index (χ0v) is 12.2. The molecule has 2 heteroatoms. The van der Waals surface area contributed by atoms with Crippen LogP contribution in [0.4, 0.5) is 0 Å². The molecule has 2 aromatic carbocycles. The van der Waals surface area contributed by atoms with E-state index in [1.807, 2.05) is 18.2 Å². The first kappa shape index (κ1) is 12.4. The number of ether oxygens (including phenoxy) is 1. The van der Waals surface area contributed by atoms with Crippen molar-refractivity contribution in [2.75, 3.05) is 0 Å². The lowest BCUT2D eigenvalue weighted by Crippen LogP contribution is -2.00. The van der Waals surface area contributed by atoms with Gasteiger partial charge in [0.05, 0.1) is 0 Å². The minimum Gasteiger partial charge on any atom is -0.489 e. The van der Waals surface area contributed by atoms with Gasteiger partial charge in [0, 0.05) is 3.57 Å². The Kier molecular flexibility index (Phi) is 4.05. The zero-order valence-electron chi connectivity index (χ0n) is 10.0. The Morgan fingerprint density at radius 3 is 2.29 bits per heavy atom. The van der Waals surface area contributed by atoms with Crippen LogP contribution >= 0.6 is 22.6 Å². The third-order valence-corrected chi connectivity index (χ3v) is 3.49. The van der Waals surface area contributed by atoms with E-state index in [0.717, 1.165) is 5.75 Å². The normalized spacial score (nSPS) is 10.3. The molecule has 0 aliphatic heterocycles. The van der Waals surface area contributed by atoms with Crippen molar-refractivity contribution in [3.8, 4) is 5.75 Å². The van der Waals surface area contributed by atoms with Crippen LogP contribution in [0.25, 0.3) is 0 Å². The standard InChI is InChI=1S/C15H15IO/c1-11-5-3-6-12(2)15(11)10-17-14-8-4-7-13(16)9-14/h3-9H,10H2,1-2H3. The quantitative estimate of drug-likeness (QED) is 0.750. The second-order valence-electron chi connectivity index (χ2n) is 4.12. The Hall–Kier alpha value is -1.03. The van der Waals surface area contributed by atoms with E-state index in [4.69, 9.17) is 4.74 Å². The van der Waals surface area contributed by atoms with Gasteiger partial charge in [0.1, 0.15) is 12.4 Å². The molecule has 88 valence electrons. The van der Waals surface area contributed by atoms with Crippen LogP contribution in [-0.4, -0.2) is 0 Å². The van der Waals surface area contributed by atoms with Crippen LogP contribution in [0.5, 0.6) is 5.75 Å². The molecule has 2 rings (SSSR count). The van der Waals surface area contributed by atoms with E-state index in [1.54, 1.807) is 0 Å². The molecule has 0 aromatic heterocycles. The van der Waals surface area contributed by atoms with E-state index < -0.39 is 0 Å². The summed E-state index contributed by atoms with van der Waals surface area (Å²) in [7, 11) is 0. The fourth-order valence-electron chi connectivity index (χ4n) is 1.79. The predicted molar refractivity (Wildman–Crippen MR) is 79.4 cm³/mol. The van der Waals surface area contributed by atoms with Crippen molar-refractivity contribution < 1.29 is 4.74 Å². The van der Waals surface area contributed by atoms with Gasteiger partial charge in [0.2, 0.25) is 0 Å². The summed E-state index contributed by atoms with van der Waals surface area (Å²) in [4.78, 5) is 0. The van der Waals surface area contributed by atoms with Gasteiger partial charge in [-0.3, -0.25) is 0 Å². The Morgan fingerprint density at radius 1 is 1.00 bits per heavy atom. The lowest BCUT2D eigenvalue weighted by atomic mass is 10.0. The van der Waals surface area contributed by atoms with Crippen LogP contribution in [0.1, 0.15) is 16.7 Å². The lowest BCUT2D eigenvalue weighted by Gasteiger charge is -2.11. The van der Waals surface area contributed by atoms with Gasteiger partial charge < -0.3 is 4.74 Å². The molecule has 17 heavy (non-hydrogen) atoms. The largest absolute Gasteiger partial charge is 0.489 e. The molecule has 0 unspecified atom stereocenters. The van der Waals surface area contributed by atoms with Crippen molar-refractivity contribution in [2.45, 2.75) is 20.5 Å². The summed E-state index contributed by atoms with van der Waals surface area (Å²) < 4.78 is 7.03. The van der Waals surface area contributed by atoms with Crippen molar-refractivity contribution in [3.05, 3.63) is 62.7 Å². The van der Waals surface area contributed by atoms with E-state index in [-0.39, 0.29) is 0 Å². The summed E-state index contributed by atoms with van der Waals surface area (Å²) in [5.41, 5.74) is 3.86. The maximum absolute atomic E-state index is 5.83. The highest BCUT2D eigenvalue weighted by molar-refractivity contribution is 14.1. The fraction of sp³-hybridized carbons (Fsp3) is 0.200. The molecule has 0 N–H and O–H groups in total. The average Bonchev–Trinajstić information content (AvgIpc) is 2.28. The molecule has 0 aliphatic rings. The number of hydrogen-bond acceptors (Lipinski definition) is 1. The zero-order chi connectivity index (χ0) is 12.3. The summed E-state index contributed by atoms with van der Waals surface area (Å²) in [6, 6.07) is 14.5. The van der Waals surface area contributed by atoms with Gasteiger partial charge in [-0.05, 0) is 71.3 Å². The molecule has 2 aromatic rings. The van der Waals surface area contributed by atoms with E-state index in [0.29, 0.717) is 6.61 Å². The maximum atomic E-state index is 5.83. The number of rotatable bonds is 3. The molecule has 0 aliphatic carbocycles. The molecule has 0 bridgehead atoms. The second kappa shape index (κ2) is 5.54. The molecule has 1 nitrogen and oxygen atoms in total. The van der Waals surface area contributed by atoms with E-state index in [1.165, 1.54) is 20.3 Å². The first-order valence-corrected chi connectivity index (χ1v) is 6.68. The molecule has 0 amide bonds. The lowest BCUT2D eigenvalue weighted by molar-refractivity contribution is 0.304. The molecule has 0 spiro atoms. The van der Waals surface area contributed by atoms with Crippen LogP contribution in [-0.2, 0) is 6.61 Å². The van der Waals surface area contributed by atoms with Crippen LogP contribution in [0, 0.1) is 17.4 Å². The first-order chi connectivity index (χ1) is 8.16. The molecule has 0 saturated carbocycles. The van der Waals surface area contributed by atoms with Gasteiger partial charge >= 0.3 is 0 Å². The van der Waals surface area contributed by atoms with Gasteiger partial charge in [-0.15, -0.1) is 0 Å². The summed E-state index contributed by atoms with van der Waals surface area (Å²) in [5.74, 6) is 0.930. The van der Waals surface area contributed by atoms with Crippen LogP contribution in [0.15, 0.2) is 42.5 Å². The number of aryl methyl sites for hydroxylation is 2. The van der Waals surface area contributed by atoms with Crippen LogP contribution in [0.2, 0.25) is 0 Å². The first-order valence-electron chi connectivity index (χ1n) is 5.60. The van der Waals surface area contributed by atoms with Crippen molar-refractivity contribution >= 4 is 22.6 Å². The summed E-state index contributed by atoms with van der Waals surface area (Å²) in [6.07, 6.45) is 0. The molecule has 0 heterocycles. The highest BCUT2D eigenvalue weighted by atomic mass is 127. The van der Waals surface area contributed by atoms with Gasteiger partial charge in [0.25, 0.3) is 0 Å². The Bertz CT molecular complexity index is 500. The smallest absolute Gasteiger partial charge is 0.120 e. The third kappa shape index (κ3) is 3.22. The Balaban J connectivity index is 2.13. The molecule has 0 saturated heterocycles. The minimum absolute atomic E-state index is 0.638. The molecular weight excluding hydrogens is 323 g/mol. The van der Waals surface area contributed by atoms with Crippen LogP contribution < -0.4 is 4.74 Å². The number of hydrogen-bond donors (Lipinski definition) is 0. The predicted octanol–water partition coefficient (Wildman–Crippen LogP) is 4.49. The third-order valence-electron chi connectivity index (χ3n) is 2.82. The van der Waals surface area contributed by atoms with Crippen LogP contribution in [0.3, 0.4) is 0 Å². The Labute approximate surface area is 116 Å².